The van der Waals surface area contributed by atoms with Gasteiger partial charge >= 0.3 is 0 Å². The zero-order valence-corrected chi connectivity index (χ0v) is 12.6. The molecule has 2 rings (SSSR count). The van der Waals surface area contributed by atoms with Crippen molar-refractivity contribution in [1.29, 1.82) is 0 Å². The molecule has 0 saturated heterocycles. The maximum absolute atomic E-state index is 12.4. The number of aromatic nitrogens is 1. The van der Waals surface area contributed by atoms with E-state index in [1.54, 1.807) is 24.9 Å². The zero-order valence-electron chi connectivity index (χ0n) is 12.6. The molecule has 21 heavy (non-hydrogen) atoms. The van der Waals surface area contributed by atoms with Gasteiger partial charge in [0.25, 0.3) is 5.56 Å². The molecule has 0 spiro atoms. The van der Waals surface area contributed by atoms with E-state index in [4.69, 9.17) is 15.2 Å². The van der Waals surface area contributed by atoms with Crippen molar-refractivity contribution in [3.8, 4) is 22.8 Å². The number of pyridine rings is 1. The Bertz CT molecular complexity index is 692. The molecule has 0 atom stereocenters. The van der Waals surface area contributed by atoms with E-state index in [0.29, 0.717) is 23.6 Å². The van der Waals surface area contributed by atoms with Crippen LogP contribution < -0.4 is 20.8 Å². The quantitative estimate of drug-likeness (QED) is 0.914. The third-order valence-corrected chi connectivity index (χ3v) is 3.47. The Labute approximate surface area is 123 Å². The predicted octanol–water partition coefficient (Wildman–Crippen LogP) is 2.01. The molecule has 0 aliphatic rings. The van der Waals surface area contributed by atoms with Crippen molar-refractivity contribution in [2.24, 2.45) is 5.73 Å². The number of nitrogens with zero attached hydrogens (tertiary/aromatic N) is 1. The highest BCUT2D eigenvalue weighted by atomic mass is 16.5. The van der Waals surface area contributed by atoms with Crippen LogP contribution in [0.1, 0.15) is 12.5 Å². The van der Waals surface area contributed by atoms with Gasteiger partial charge in [0.05, 0.1) is 19.9 Å². The molecule has 0 amide bonds. The summed E-state index contributed by atoms with van der Waals surface area (Å²) in [5.41, 5.74) is 7.75. The Balaban J connectivity index is 2.72. The second-order valence-electron chi connectivity index (χ2n) is 4.56. The van der Waals surface area contributed by atoms with E-state index in [1.807, 2.05) is 31.2 Å². The lowest BCUT2D eigenvalue weighted by molar-refractivity contribution is 0.404. The number of ether oxygens (including phenoxy) is 2. The number of methoxy groups -OCH3 is 2. The first kappa shape index (κ1) is 15.1. The molecule has 0 saturated carbocycles. The number of hydrogen-bond donors (Lipinski definition) is 1. The van der Waals surface area contributed by atoms with Gasteiger partial charge in [0.1, 0.15) is 11.5 Å². The summed E-state index contributed by atoms with van der Waals surface area (Å²) in [6, 6.07) is 9.18. The summed E-state index contributed by atoms with van der Waals surface area (Å²) in [5, 5.41) is 0. The molecule has 112 valence electrons. The maximum Gasteiger partial charge on any atom is 0.255 e. The fraction of sp³-hybridized carbons (Fsp3) is 0.312. The fourth-order valence-corrected chi connectivity index (χ4v) is 2.34. The largest absolute Gasteiger partial charge is 0.497 e. The van der Waals surface area contributed by atoms with Gasteiger partial charge in [-0.15, -0.1) is 0 Å². The second-order valence-corrected chi connectivity index (χ2v) is 4.56. The van der Waals surface area contributed by atoms with E-state index in [0.717, 1.165) is 11.3 Å². The van der Waals surface area contributed by atoms with Crippen molar-refractivity contribution >= 4 is 0 Å². The molecular weight excluding hydrogens is 268 g/mol. The molecular formula is C16H20N2O3. The first-order chi connectivity index (χ1) is 10.2. The normalized spacial score (nSPS) is 10.5. The summed E-state index contributed by atoms with van der Waals surface area (Å²) in [4.78, 5) is 12.4. The van der Waals surface area contributed by atoms with Crippen LogP contribution in [0.4, 0.5) is 0 Å². The summed E-state index contributed by atoms with van der Waals surface area (Å²) >= 11 is 0. The fourth-order valence-electron chi connectivity index (χ4n) is 2.34. The molecule has 1 aromatic heterocycles. The highest BCUT2D eigenvalue weighted by Crippen LogP contribution is 2.32. The van der Waals surface area contributed by atoms with E-state index < -0.39 is 0 Å². The Morgan fingerprint density at radius 2 is 1.90 bits per heavy atom. The van der Waals surface area contributed by atoms with Gasteiger partial charge in [-0.2, -0.15) is 0 Å². The molecule has 0 radical (unpaired) electrons. The standard InChI is InChI=1S/C16H20N2O3/c1-4-18-14(7-5-11(10-17)16(18)19)13-9-12(20-2)6-8-15(13)21-3/h5-9H,4,10,17H2,1-3H3. The number of hydrogen-bond acceptors (Lipinski definition) is 4. The van der Waals surface area contributed by atoms with E-state index in [-0.39, 0.29) is 12.1 Å². The van der Waals surface area contributed by atoms with Gasteiger partial charge in [0.2, 0.25) is 0 Å². The highest BCUT2D eigenvalue weighted by molar-refractivity contribution is 5.69. The van der Waals surface area contributed by atoms with Crippen LogP contribution in [0.15, 0.2) is 35.1 Å². The van der Waals surface area contributed by atoms with E-state index in [2.05, 4.69) is 0 Å². The monoisotopic (exact) mass is 288 g/mol. The molecule has 2 N–H and O–H groups in total. The molecule has 1 aromatic carbocycles. The third-order valence-electron chi connectivity index (χ3n) is 3.47. The van der Waals surface area contributed by atoms with Crippen LogP contribution in [-0.4, -0.2) is 18.8 Å². The van der Waals surface area contributed by atoms with Gasteiger partial charge in [-0.05, 0) is 31.2 Å². The lowest BCUT2D eigenvalue weighted by Crippen LogP contribution is -2.26. The minimum atomic E-state index is -0.0672. The number of nitrogens with two attached hydrogens (primary N) is 1. The van der Waals surface area contributed by atoms with E-state index >= 15 is 0 Å². The van der Waals surface area contributed by atoms with Crippen molar-refractivity contribution in [3.05, 3.63) is 46.2 Å². The van der Waals surface area contributed by atoms with Gasteiger partial charge < -0.3 is 19.8 Å². The van der Waals surface area contributed by atoms with Crippen LogP contribution >= 0.6 is 0 Å². The summed E-state index contributed by atoms with van der Waals surface area (Å²) < 4.78 is 12.4. The average molecular weight is 288 g/mol. The first-order valence-electron chi connectivity index (χ1n) is 6.81. The summed E-state index contributed by atoms with van der Waals surface area (Å²) in [6.07, 6.45) is 0. The van der Waals surface area contributed by atoms with Gasteiger partial charge in [0, 0.05) is 24.2 Å². The SMILES string of the molecule is CCn1c(-c2cc(OC)ccc2OC)ccc(CN)c1=O. The van der Waals surface area contributed by atoms with Gasteiger partial charge in [-0.25, -0.2) is 0 Å². The minimum Gasteiger partial charge on any atom is -0.497 e. The summed E-state index contributed by atoms with van der Waals surface area (Å²) in [7, 11) is 3.21. The van der Waals surface area contributed by atoms with Crippen LogP contribution in [0.25, 0.3) is 11.3 Å². The third kappa shape index (κ3) is 2.78. The van der Waals surface area contributed by atoms with Crippen molar-refractivity contribution in [2.45, 2.75) is 20.0 Å². The molecule has 0 bridgehead atoms. The molecule has 0 aliphatic heterocycles. The zero-order chi connectivity index (χ0) is 15.4. The van der Waals surface area contributed by atoms with Crippen molar-refractivity contribution in [3.63, 3.8) is 0 Å². The number of benzene rings is 1. The van der Waals surface area contributed by atoms with Gasteiger partial charge in [0.15, 0.2) is 0 Å². The summed E-state index contributed by atoms with van der Waals surface area (Å²) in [6.45, 7) is 2.72. The van der Waals surface area contributed by atoms with Crippen LogP contribution in [-0.2, 0) is 13.1 Å². The Hall–Kier alpha value is -2.27. The van der Waals surface area contributed by atoms with Crippen LogP contribution in [0.5, 0.6) is 11.5 Å². The maximum atomic E-state index is 12.4. The van der Waals surface area contributed by atoms with Crippen LogP contribution in [0.3, 0.4) is 0 Å². The van der Waals surface area contributed by atoms with Crippen molar-refractivity contribution < 1.29 is 9.47 Å². The average Bonchev–Trinajstić information content (AvgIpc) is 2.53. The van der Waals surface area contributed by atoms with Crippen LogP contribution in [0.2, 0.25) is 0 Å². The Kier molecular flexibility index (Phi) is 4.65. The molecule has 5 nitrogen and oxygen atoms in total. The molecule has 0 fully saturated rings. The number of rotatable bonds is 5. The molecule has 1 heterocycles. The smallest absolute Gasteiger partial charge is 0.255 e. The summed E-state index contributed by atoms with van der Waals surface area (Å²) in [5.74, 6) is 1.40. The highest BCUT2D eigenvalue weighted by Gasteiger charge is 2.13. The van der Waals surface area contributed by atoms with Crippen molar-refractivity contribution in [2.75, 3.05) is 14.2 Å². The molecule has 0 aliphatic carbocycles. The topological polar surface area (TPSA) is 66.5 Å². The van der Waals surface area contributed by atoms with Crippen LogP contribution in [0, 0.1) is 0 Å². The second kappa shape index (κ2) is 6.45. The van der Waals surface area contributed by atoms with E-state index in [9.17, 15) is 4.79 Å². The van der Waals surface area contributed by atoms with Crippen molar-refractivity contribution in [1.82, 2.24) is 4.57 Å². The Morgan fingerprint density at radius 3 is 2.48 bits per heavy atom. The lowest BCUT2D eigenvalue weighted by Gasteiger charge is -2.16. The molecule has 0 unspecified atom stereocenters. The minimum absolute atomic E-state index is 0.0672. The lowest BCUT2D eigenvalue weighted by atomic mass is 10.1. The molecule has 2 aromatic rings. The van der Waals surface area contributed by atoms with Gasteiger partial charge in [-0.1, -0.05) is 6.07 Å². The van der Waals surface area contributed by atoms with Gasteiger partial charge in [-0.3, -0.25) is 4.79 Å². The molecule has 5 heteroatoms. The van der Waals surface area contributed by atoms with E-state index in [1.165, 1.54) is 0 Å². The predicted molar refractivity (Wildman–Crippen MR) is 82.8 cm³/mol. The first-order valence-corrected chi connectivity index (χ1v) is 6.81. The Morgan fingerprint density at radius 1 is 1.14 bits per heavy atom.